The second kappa shape index (κ2) is 12.7. The largest absolute Gasteiger partial charge is 0.507 e. The molecular weight excluding hydrogens is 627 g/mol. The number of carboxylic acids is 1. The lowest BCUT2D eigenvalue weighted by Gasteiger charge is -2.44. The van der Waals surface area contributed by atoms with Gasteiger partial charge in [-0.1, -0.05) is 12.1 Å². The molecule has 0 unspecified atom stereocenters. The van der Waals surface area contributed by atoms with Crippen molar-refractivity contribution in [2.45, 2.75) is 74.7 Å². The summed E-state index contributed by atoms with van der Waals surface area (Å²) in [5.41, 5.74) is 2.77. The van der Waals surface area contributed by atoms with Gasteiger partial charge >= 0.3 is 12.1 Å². The van der Waals surface area contributed by atoms with Gasteiger partial charge in [-0.15, -0.1) is 0 Å². The van der Waals surface area contributed by atoms with Crippen LogP contribution in [0.4, 0.5) is 13.2 Å². The second-order valence-corrected chi connectivity index (χ2v) is 11.2. The maximum atomic E-state index is 13.7. The average molecular weight is 660 g/mol. The molecule has 0 bridgehead atoms. The summed E-state index contributed by atoms with van der Waals surface area (Å²) in [6.07, 6.45) is -11.5. The van der Waals surface area contributed by atoms with E-state index in [0.717, 1.165) is 0 Å². The van der Waals surface area contributed by atoms with Crippen molar-refractivity contribution in [3.8, 4) is 17.2 Å². The molecule has 5 rings (SSSR count). The highest BCUT2D eigenvalue weighted by atomic mass is 19.4. The smallest absolute Gasteiger partial charge is 0.490 e. The van der Waals surface area contributed by atoms with Crippen molar-refractivity contribution in [2.75, 3.05) is 13.7 Å². The number of halogens is 3. The normalized spacial score (nSPS) is 27.8. The topological polar surface area (TPSA) is 247 Å². The van der Waals surface area contributed by atoms with E-state index in [4.69, 9.17) is 29.8 Å². The monoisotopic (exact) mass is 659 g/mol. The second-order valence-electron chi connectivity index (χ2n) is 11.2. The minimum Gasteiger partial charge on any atom is -0.507 e. The zero-order valence-corrected chi connectivity index (χ0v) is 24.3. The minimum atomic E-state index is -5.08. The van der Waals surface area contributed by atoms with E-state index in [-0.39, 0.29) is 40.8 Å². The molecule has 0 saturated carbocycles. The van der Waals surface area contributed by atoms with Gasteiger partial charge < -0.3 is 55.7 Å². The molecule has 0 amide bonds. The van der Waals surface area contributed by atoms with Gasteiger partial charge in [0.2, 0.25) is 5.78 Å². The molecule has 0 aromatic heterocycles. The van der Waals surface area contributed by atoms with E-state index in [1.807, 2.05) is 0 Å². The Morgan fingerprint density at radius 1 is 1.15 bits per heavy atom. The predicted octanol–water partition coefficient (Wildman–Crippen LogP) is 0.426. The fourth-order valence-corrected chi connectivity index (χ4v) is 5.84. The van der Waals surface area contributed by atoms with Crippen molar-refractivity contribution in [1.29, 1.82) is 0 Å². The van der Waals surface area contributed by atoms with Crippen LogP contribution in [0.5, 0.6) is 17.2 Å². The Morgan fingerprint density at radius 3 is 2.30 bits per heavy atom. The number of hydrogen-bond donors (Lipinski definition) is 8. The van der Waals surface area contributed by atoms with Gasteiger partial charge in [0.05, 0.1) is 54.3 Å². The van der Waals surface area contributed by atoms with E-state index in [1.54, 1.807) is 6.92 Å². The maximum absolute atomic E-state index is 13.7. The quantitative estimate of drug-likeness (QED) is 0.173. The first kappa shape index (κ1) is 35.0. The summed E-state index contributed by atoms with van der Waals surface area (Å²) >= 11 is 0. The molecule has 252 valence electrons. The Hall–Kier alpha value is -3.84. The fraction of sp³-hybridized carbons (Fsp3) is 0.483. The van der Waals surface area contributed by atoms with E-state index in [1.165, 1.54) is 25.3 Å². The molecule has 2 aliphatic carbocycles. The van der Waals surface area contributed by atoms with Gasteiger partial charge in [0.15, 0.2) is 12.1 Å². The Balaban J connectivity index is 0.000000617. The predicted molar refractivity (Wildman–Crippen MR) is 146 cm³/mol. The van der Waals surface area contributed by atoms with Gasteiger partial charge in [-0.2, -0.15) is 13.2 Å². The summed E-state index contributed by atoms with van der Waals surface area (Å²) in [7, 11) is 1.33. The number of benzene rings is 2. The Kier molecular flexibility index (Phi) is 9.71. The molecule has 0 radical (unpaired) electrons. The molecule has 46 heavy (non-hydrogen) atoms. The summed E-state index contributed by atoms with van der Waals surface area (Å²) < 4.78 is 48.8. The van der Waals surface area contributed by atoms with Crippen molar-refractivity contribution >= 4 is 17.5 Å². The Bertz CT molecular complexity index is 1540. The zero-order valence-electron chi connectivity index (χ0n) is 24.3. The minimum absolute atomic E-state index is 0.0343. The molecule has 7 atom stereocenters. The van der Waals surface area contributed by atoms with Crippen LogP contribution in [0, 0.1) is 0 Å². The number of alkyl halides is 3. The summed E-state index contributed by atoms with van der Waals surface area (Å²) in [6.45, 7) is 0.768. The number of carbonyl (C=O) groups is 3. The number of methoxy groups -OCH3 is 1. The van der Waals surface area contributed by atoms with Crippen LogP contribution in [-0.4, -0.2) is 109 Å². The lowest BCUT2D eigenvalue weighted by atomic mass is 9.71. The van der Waals surface area contributed by atoms with Crippen LogP contribution in [0.1, 0.15) is 68.8 Å². The molecule has 9 N–H and O–H groups in total. The van der Waals surface area contributed by atoms with Crippen LogP contribution in [0.3, 0.4) is 0 Å². The highest BCUT2D eigenvalue weighted by Gasteiger charge is 2.50. The van der Waals surface area contributed by atoms with Gasteiger partial charge in [-0.3, -0.25) is 9.59 Å². The number of carbonyl (C=O) groups excluding carboxylic acids is 2. The van der Waals surface area contributed by atoms with Gasteiger partial charge in [0, 0.05) is 42.0 Å². The number of hydrogen-bond acceptors (Lipinski definition) is 13. The van der Waals surface area contributed by atoms with Crippen LogP contribution in [-0.2, 0) is 20.7 Å². The number of aliphatic carboxylic acids is 1. The third kappa shape index (κ3) is 6.14. The van der Waals surface area contributed by atoms with Crippen LogP contribution < -0.4 is 10.5 Å². The van der Waals surface area contributed by atoms with Crippen molar-refractivity contribution in [3.05, 3.63) is 51.6 Å². The molecule has 1 fully saturated rings. The standard InChI is InChI=1S/C27H31NO11.C2HF3O2/c1-10-22(31)13(28)6-17(38-10)39-15-8-27(36,16(30)9-29)7-12-19(15)26(35)21-20(24(12)33)23(32)11-4-3-5-14(37-2)18(11)25(21)34;3-2(4,5)1(6)7/h3-5,10,13,15-17,22,29-31,33,35-36H,6-9,28H2,1-2H3;(H,6,7)/t10-,13-,15-,16-,17-,22+,27-;/m0./s1. The van der Waals surface area contributed by atoms with E-state index in [0.29, 0.717) is 0 Å². The number of fused-ring (bicyclic) bond motifs is 3. The third-order valence-electron chi connectivity index (χ3n) is 8.21. The molecule has 17 heteroatoms. The van der Waals surface area contributed by atoms with Crippen molar-refractivity contribution in [1.82, 2.24) is 0 Å². The molecule has 0 spiro atoms. The van der Waals surface area contributed by atoms with Gasteiger partial charge in [0.25, 0.3) is 0 Å². The fourth-order valence-electron chi connectivity index (χ4n) is 5.84. The third-order valence-corrected chi connectivity index (χ3v) is 8.21. The highest BCUT2D eigenvalue weighted by Crippen LogP contribution is 2.53. The first-order valence-electron chi connectivity index (χ1n) is 13.8. The highest BCUT2D eigenvalue weighted by molar-refractivity contribution is 6.31. The van der Waals surface area contributed by atoms with Gasteiger partial charge in [-0.25, -0.2) is 4.79 Å². The van der Waals surface area contributed by atoms with Crippen LogP contribution in [0.2, 0.25) is 0 Å². The molecule has 2 aromatic carbocycles. The maximum Gasteiger partial charge on any atom is 0.490 e. The number of ketones is 2. The lowest BCUT2D eigenvalue weighted by Crippen LogP contribution is -2.53. The van der Waals surface area contributed by atoms with Gasteiger partial charge in [-0.05, 0) is 13.0 Å². The number of carboxylic acid groups (broad SMARTS) is 1. The van der Waals surface area contributed by atoms with E-state index in [9.17, 15) is 53.4 Å². The average Bonchev–Trinajstić information content (AvgIpc) is 2.99. The summed E-state index contributed by atoms with van der Waals surface area (Å²) in [6, 6.07) is 3.69. The molecule has 1 saturated heterocycles. The van der Waals surface area contributed by atoms with E-state index >= 15 is 0 Å². The number of phenols is 2. The van der Waals surface area contributed by atoms with Crippen molar-refractivity contribution < 1.29 is 77.5 Å². The Labute approximate surface area is 258 Å². The first-order chi connectivity index (χ1) is 21.4. The van der Waals surface area contributed by atoms with Crippen LogP contribution >= 0.6 is 0 Å². The number of rotatable bonds is 5. The van der Waals surface area contributed by atoms with Crippen LogP contribution in [0.25, 0.3) is 0 Å². The molecule has 1 heterocycles. The summed E-state index contributed by atoms with van der Waals surface area (Å²) in [4.78, 5) is 36.1. The zero-order chi connectivity index (χ0) is 34.5. The molecule has 2 aromatic rings. The number of aromatic hydroxyl groups is 2. The number of aliphatic hydroxyl groups excluding tert-OH is 3. The number of nitrogens with two attached hydrogens (primary N) is 1. The Morgan fingerprint density at radius 2 is 1.76 bits per heavy atom. The molecule has 14 nitrogen and oxygen atoms in total. The summed E-state index contributed by atoms with van der Waals surface area (Å²) in [5.74, 6) is -5.44. The summed E-state index contributed by atoms with van der Waals surface area (Å²) in [5, 5.41) is 71.6. The van der Waals surface area contributed by atoms with Crippen LogP contribution in [0.15, 0.2) is 18.2 Å². The van der Waals surface area contributed by atoms with E-state index < -0.39 is 102 Å². The van der Waals surface area contributed by atoms with Crippen molar-refractivity contribution in [2.24, 2.45) is 5.73 Å². The SMILES string of the molecule is COc1cccc2c1C(=O)c1c(O)c3c(c(O)c1C2=O)C[C@@](O)([C@@H](O)CO)C[C@@H]3O[C@H]1C[C@H](N)[C@H](O)[C@H](C)O1.O=C(O)C(F)(F)F. The molecular formula is C29H32F3NO13. The van der Waals surface area contributed by atoms with E-state index in [2.05, 4.69) is 0 Å². The lowest BCUT2D eigenvalue weighted by molar-refractivity contribution is -0.251. The number of phenolic OH excluding ortho intramolecular Hbond substituents is 2. The first-order valence-corrected chi connectivity index (χ1v) is 13.8. The van der Waals surface area contributed by atoms with Gasteiger partial charge in [0.1, 0.15) is 23.4 Å². The number of aliphatic hydroxyl groups is 4. The number of ether oxygens (including phenoxy) is 3. The van der Waals surface area contributed by atoms with Crippen molar-refractivity contribution in [3.63, 3.8) is 0 Å². The molecule has 3 aliphatic rings. The molecule has 1 aliphatic heterocycles.